The van der Waals surface area contributed by atoms with Gasteiger partial charge in [0.05, 0.1) is 32.0 Å². The molecule has 47 heavy (non-hydrogen) atoms. The zero-order valence-electron chi connectivity index (χ0n) is 24.0. The van der Waals surface area contributed by atoms with Crippen LogP contribution in [0.1, 0.15) is 25.8 Å². The molecule has 0 amide bonds. The molecule has 7 rings (SSSR count). The van der Waals surface area contributed by atoms with E-state index in [9.17, 15) is 19.1 Å². The number of halogens is 1. The number of imidazole rings is 2. The number of anilines is 2. The second-order valence-corrected chi connectivity index (χ2v) is 16.4. The molecule has 3 fully saturated rings. The fourth-order valence-corrected chi connectivity index (χ4v) is 8.34. The van der Waals surface area contributed by atoms with Crippen molar-refractivity contribution in [3.8, 4) is 0 Å². The molecule has 7 heterocycles. The van der Waals surface area contributed by atoms with Gasteiger partial charge in [-0.3, -0.25) is 32.5 Å². The van der Waals surface area contributed by atoms with E-state index in [1.807, 2.05) is 0 Å². The van der Waals surface area contributed by atoms with Crippen LogP contribution in [-0.4, -0.2) is 98.2 Å². The third-order valence-corrected chi connectivity index (χ3v) is 10.4. The van der Waals surface area contributed by atoms with Crippen LogP contribution in [0.25, 0.3) is 22.3 Å². The number of hydrogen-bond donors (Lipinski definition) is 6. The number of alkyl halides is 1. The first kappa shape index (κ1) is 32.9. The molecule has 2 unspecified atom stereocenters. The van der Waals surface area contributed by atoms with Crippen molar-refractivity contribution < 1.29 is 46.5 Å². The lowest BCUT2D eigenvalue weighted by Gasteiger charge is -2.32. The molecule has 0 aromatic carbocycles. The standard InChI is InChI=1S/C22H27FN10O10P2S2/c1-2-8-12(9(23)19(40-8)33-7-29-11-17(33)30-21(25)31-18(11)34)42-45(37,47)39-4-22-3-38-13(14(22)43-44(35,36)46)20(41-22)32-6-28-10-15(24)26-5-27-16(10)32/h5-9,12-14,19-20H,2-4H2,1H3,(H,37,47)(H2,24,26,27)(H2,35,36,46)(H3,25,30,31,34)/t8-,9-,12-,13-,14+,19-,20-,22?,45?/m1/s1. The van der Waals surface area contributed by atoms with Crippen LogP contribution in [0.15, 0.2) is 23.8 Å². The molecule has 2 bridgehead atoms. The number of hydrogen-bond acceptors (Lipinski definition) is 16. The third-order valence-electron chi connectivity index (χ3n) is 8.01. The normalized spacial score (nSPS) is 32.1. The Morgan fingerprint density at radius 2 is 1.89 bits per heavy atom. The number of nitrogens with one attached hydrogen (secondary N) is 1. The van der Waals surface area contributed by atoms with Gasteiger partial charge >= 0.3 is 13.5 Å². The van der Waals surface area contributed by atoms with Gasteiger partial charge in [-0.1, -0.05) is 19.2 Å². The van der Waals surface area contributed by atoms with Gasteiger partial charge in [0.2, 0.25) is 5.95 Å². The maximum absolute atomic E-state index is 16.0. The molecule has 9 atom stereocenters. The molecule has 20 nitrogen and oxygen atoms in total. The zero-order chi connectivity index (χ0) is 33.5. The molecular weight excluding hydrogens is 709 g/mol. The van der Waals surface area contributed by atoms with Gasteiger partial charge < -0.3 is 35.5 Å². The minimum absolute atomic E-state index is 0.0261. The maximum Gasteiger partial charge on any atom is 0.386 e. The summed E-state index contributed by atoms with van der Waals surface area (Å²) < 4.78 is 67.1. The Morgan fingerprint density at radius 3 is 2.62 bits per heavy atom. The van der Waals surface area contributed by atoms with Crippen molar-refractivity contribution in [3.05, 3.63) is 29.3 Å². The summed E-state index contributed by atoms with van der Waals surface area (Å²) in [6, 6.07) is 0. The highest BCUT2D eigenvalue weighted by Gasteiger charge is 2.65. The summed E-state index contributed by atoms with van der Waals surface area (Å²) in [6.07, 6.45) is -4.96. The smallest absolute Gasteiger partial charge is 0.382 e. The van der Waals surface area contributed by atoms with Gasteiger partial charge in [-0.15, -0.1) is 0 Å². The summed E-state index contributed by atoms with van der Waals surface area (Å²) in [6.45, 7) is -7.82. The lowest BCUT2D eigenvalue weighted by molar-refractivity contribution is -0.182. The van der Waals surface area contributed by atoms with E-state index in [2.05, 4.69) is 42.2 Å². The molecule has 4 aromatic rings. The van der Waals surface area contributed by atoms with Crippen LogP contribution < -0.4 is 17.0 Å². The van der Waals surface area contributed by atoms with Crippen molar-refractivity contribution in [1.29, 1.82) is 0 Å². The lowest BCUT2D eigenvalue weighted by atomic mass is 10.0. The van der Waals surface area contributed by atoms with E-state index in [1.54, 1.807) is 6.92 Å². The minimum Gasteiger partial charge on any atom is -0.382 e. The first-order valence-electron chi connectivity index (χ1n) is 13.8. The topological polar surface area (TPSA) is 272 Å². The molecule has 25 heteroatoms. The van der Waals surface area contributed by atoms with Gasteiger partial charge in [-0.25, -0.2) is 28.9 Å². The highest BCUT2D eigenvalue weighted by atomic mass is 32.7. The summed E-state index contributed by atoms with van der Waals surface area (Å²) in [4.78, 5) is 55.0. The van der Waals surface area contributed by atoms with Gasteiger partial charge in [0.25, 0.3) is 5.56 Å². The Morgan fingerprint density at radius 1 is 1.17 bits per heavy atom. The summed E-state index contributed by atoms with van der Waals surface area (Å²) in [5.74, 6) is -0.0960. The van der Waals surface area contributed by atoms with Crippen molar-refractivity contribution in [2.75, 3.05) is 24.7 Å². The molecule has 0 radical (unpaired) electrons. The number of nitrogen functional groups attached to an aromatic ring is 2. The van der Waals surface area contributed by atoms with Crippen molar-refractivity contribution in [2.45, 2.75) is 62.0 Å². The van der Waals surface area contributed by atoms with Crippen LogP contribution in [-0.2, 0) is 44.2 Å². The van der Waals surface area contributed by atoms with Crippen molar-refractivity contribution in [2.24, 2.45) is 0 Å². The fraction of sp³-hybridized carbons (Fsp3) is 0.545. The van der Waals surface area contributed by atoms with Gasteiger partial charge in [-0.2, -0.15) is 4.98 Å². The molecule has 0 spiro atoms. The molecule has 3 aliphatic rings. The Hall–Kier alpha value is -2.66. The number of ether oxygens (including phenoxy) is 3. The Bertz CT molecular complexity index is 2010. The predicted molar refractivity (Wildman–Crippen MR) is 165 cm³/mol. The van der Waals surface area contributed by atoms with Gasteiger partial charge in [0.1, 0.15) is 35.8 Å². The van der Waals surface area contributed by atoms with Crippen LogP contribution in [0.4, 0.5) is 16.2 Å². The van der Waals surface area contributed by atoms with E-state index in [1.165, 1.54) is 28.1 Å². The van der Waals surface area contributed by atoms with Crippen molar-refractivity contribution in [3.63, 3.8) is 0 Å². The van der Waals surface area contributed by atoms with E-state index in [4.69, 9.17) is 51.1 Å². The third kappa shape index (κ3) is 5.77. The predicted octanol–water partition coefficient (Wildman–Crippen LogP) is 0.470. The van der Waals surface area contributed by atoms with Crippen LogP contribution in [0.2, 0.25) is 0 Å². The first-order valence-corrected chi connectivity index (χ1v) is 19.2. The largest absolute Gasteiger partial charge is 0.386 e. The lowest BCUT2D eigenvalue weighted by Crippen LogP contribution is -2.45. The summed E-state index contributed by atoms with van der Waals surface area (Å²) in [5.41, 5.74) is 9.78. The fourth-order valence-electron chi connectivity index (χ4n) is 5.96. The average Bonchev–Trinajstić information content (AvgIpc) is 3.80. The summed E-state index contributed by atoms with van der Waals surface area (Å²) in [5, 5.41) is 0. The highest BCUT2D eigenvalue weighted by Crippen LogP contribution is 2.60. The number of rotatable bonds is 10. The van der Waals surface area contributed by atoms with Crippen molar-refractivity contribution in [1.82, 2.24) is 39.0 Å². The average molecular weight is 737 g/mol. The SMILES string of the molecule is CC[C@H]1O[C@@H](n2cnc3c(=O)[nH]c(N)nc32)[C@H](F)[C@@H]1OP(=O)(S)OCC12CO[C@@H]([C@H](n3cnc4c(N)ncnc43)O1)[C@@H]2OP(O)(O)=S. The summed E-state index contributed by atoms with van der Waals surface area (Å²) >= 11 is 8.82. The first-order chi connectivity index (χ1) is 22.2. The quantitative estimate of drug-likeness (QED) is 0.0954. The van der Waals surface area contributed by atoms with Gasteiger partial charge in [0, 0.05) is 0 Å². The van der Waals surface area contributed by atoms with E-state index >= 15 is 4.39 Å². The van der Waals surface area contributed by atoms with Crippen LogP contribution in [0, 0.1) is 0 Å². The molecule has 0 aliphatic carbocycles. The monoisotopic (exact) mass is 736 g/mol. The number of aromatic nitrogens is 8. The molecule has 7 N–H and O–H groups in total. The highest BCUT2D eigenvalue weighted by molar-refractivity contribution is 8.44. The van der Waals surface area contributed by atoms with Crippen LogP contribution >= 0.6 is 25.8 Å². The second-order valence-electron chi connectivity index (χ2n) is 11.0. The summed E-state index contributed by atoms with van der Waals surface area (Å²) in [7, 11) is 0. The molecule has 3 aliphatic heterocycles. The number of nitrogens with zero attached hydrogens (tertiary/aromatic N) is 7. The second kappa shape index (κ2) is 11.7. The van der Waals surface area contributed by atoms with E-state index in [0.717, 1.165) is 0 Å². The number of aromatic amines is 1. The Balaban J connectivity index is 1.12. The zero-order valence-corrected chi connectivity index (χ0v) is 27.5. The Kier molecular flexibility index (Phi) is 8.21. The van der Waals surface area contributed by atoms with Crippen molar-refractivity contribution >= 4 is 71.7 Å². The number of H-pyrrole nitrogens is 1. The van der Waals surface area contributed by atoms with Gasteiger partial charge in [0.15, 0.2) is 41.3 Å². The minimum atomic E-state index is -4.42. The van der Waals surface area contributed by atoms with Gasteiger partial charge in [-0.05, 0) is 18.2 Å². The van der Waals surface area contributed by atoms with Crippen LogP contribution in [0.5, 0.6) is 0 Å². The van der Waals surface area contributed by atoms with Crippen LogP contribution in [0.3, 0.4) is 0 Å². The molecule has 3 saturated heterocycles. The van der Waals surface area contributed by atoms with E-state index in [0.29, 0.717) is 0 Å². The Labute approximate surface area is 272 Å². The van der Waals surface area contributed by atoms with E-state index < -0.39 is 74.3 Å². The van der Waals surface area contributed by atoms with E-state index in [-0.39, 0.29) is 47.1 Å². The maximum atomic E-state index is 16.0. The molecule has 0 saturated carbocycles. The molecular formula is C22H27FN10O10P2S2. The molecule has 254 valence electrons. The molecule has 4 aromatic heterocycles. The number of fused-ring (bicyclic) bond motifs is 4. The number of thiol groups is 1. The number of nitrogens with two attached hydrogens (primary N) is 2.